The molecule has 0 unspecified atom stereocenters. The highest BCUT2D eigenvalue weighted by Gasteiger charge is 2.22. The van der Waals surface area contributed by atoms with E-state index in [4.69, 9.17) is 16.0 Å². The number of nitrogens with one attached hydrogen (secondary N) is 1. The Labute approximate surface area is 169 Å². The number of aromatic nitrogens is 2. The van der Waals surface area contributed by atoms with Gasteiger partial charge in [-0.05, 0) is 66.9 Å². The molecule has 140 valence electrons. The van der Waals surface area contributed by atoms with Crippen LogP contribution in [0.3, 0.4) is 0 Å². The first-order chi connectivity index (χ1) is 13.6. The van der Waals surface area contributed by atoms with Crippen molar-refractivity contribution in [3.05, 3.63) is 100 Å². The summed E-state index contributed by atoms with van der Waals surface area (Å²) in [6.45, 7) is 4.16. The topological polar surface area (TPSA) is 51.0 Å². The number of hydrogen-bond acceptors (Lipinski definition) is 4. The fraction of sp³-hybridized carbons (Fsp3) is 0.130. The maximum absolute atomic E-state index is 6.08. The summed E-state index contributed by atoms with van der Waals surface area (Å²) in [7, 11) is 0. The molecule has 0 aliphatic heterocycles. The number of aryl methyl sites for hydroxylation is 2. The van der Waals surface area contributed by atoms with Gasteiger partial charge in [0.15, 0.2) is 0 Å². The molecule has 4 rings (SSSR count). The highest BCUT2D eigenvalue weighted by molar-refractivity contribution is 6.30. The number of benzene rings is 3. The lowest BCUT2D eigenvalue weighted by atomic mass is 10.1. The zero-order chi connectivity index (χ0) is 19.5. The molecular formula is C23H20ClN3O. The predicted molar refractivity (Wildman–Crippen MR) is 113 cm³/mol. The molecule has 0 saturated carbocycles. The number of nitrogens with zero attached hydrogens (tertiary/aromatic N) is 2. The largest absolute Gasteiger partial charge is 0.418 e. The molecular weight excluding hydrogens is 370 g/mol. The van der Waals surface area contributed by atoms with E-state index in [2.05, 4.69) is 47.6 Å². The van der Waals surface area contributed by atoms with Crippen LogP contribution in [0.5, 0.6) is 0 Å². The van der Waals surface area contributed by atoms with E-state index in [-0.39, 0.29) is 6.04 Å². The van der Waals surface area contributed by atoms with Crippen molar-refractivity contribution in [1.29, 1.82) is 0 Å². The lowest BCUT2D eigenvalue weighted by molar-refractivity contribution is 0.494. The summed E-state index contributed by atoms with van der Waals surface area (Å²) < 4.78 is 6.03. The second kappa shape index (κ2) is 7.87. The molecule has 5 heteroatoms. The summed E-state index contributed by atoms with van der Waals surface area (Å²) in [4.78, 5) is 0. The van der Waals surface area contributed by atoms with E-state index in [1.54, 1.807) is 0 Å². The van der Waals surface area contributed by atoms with Gasteiger partial charge >= 0.3 is 0 Å². The molecule has 4 aromatic rings. The van der Waals surface area contributed by atoms with Crippen LogP contribution in [0.2, 0.25) is 5.02 Å². The van der Waals surface area contributed by atoms with Crippen LogP contribution in [-0.4, -0.2) is 10.2 Å². The molecule has 0 bridgehead atoms. The quantitative estimate of drug-likeness (QED) is 0.441. The summed E-state index contributed by atoms with van der Waals surface area (Å²) in [6, 6.07) is 23.5. The van der Waals surface area contributed by atoms with Crippen LogP contribution >= 0.6 is 11.6 Å². The monoisotopic (exact) mass is 389 g/mol. The molecule has 0 aliphatic carbocycles. The van der Waals surface area contributed by atoms with Crippen molar-refractivity contribution in [2.45, 2.75) is 19.9 Å². The number of hydrogen-bond donors (Lipinski definition) is 1. The first kappa shape index (κ1) is 18.3. The zero-order valence-electron chi connectivity index (χ0n) is 15.7. The Hall–Kier alpha value is -3.11. The lowest BCUT2D eigenvalue weighted by Crippen LogP contribution is -2.13. The molecule has 0 aliphatic rings. The van der Waals surface area contributed by atoms with Crippen molar-refractivity contribution in [3.63, 3.8) is 0 Å². The van der Waals surface area contributed by atoms with Gasteiger partial charge < -0.3 is 9.73 Å². The molecule has 1 N–H and O–H groups in total. The summed E-state index contributed by atoms with van der Waals surface area (Å²) in [5, 5.41) is 12.8. The van der Waals surface area contributed by atoms with Crippen LogP contribution in [0, 0.1) is 13.8 Å². The Morgan fingerprint density at radius 1 is 0.857 bits per heavy atom. The van der Waals surface area contributed by atoms with Gasteiger partial charge in [0.2, 0.25) is 11.8 Å². The van der Waals surface area contributed by atoms with Crippen molar-refractivity contribution in [2.24, 2.45) is 0 Å². The zero-order valence-corrected chi connectivity index (χ0v) is 16.4. The average molecular weight is 390 g/mol. The summed E-state index contributed by atoms with van der Waals surface area (Å²) >= 11 is 6.08. The lowest BCUT2D eigenvalue weighted by Gasteiger charge is -2.18. The fourth-order valence-electron chi connectivity index (χ4n) is 3.22. The van der Waals surface area contributed by atoms with Crippen molar-refractivity contribution in [1.82, 2.24) is 10.2 Å². The van der Waals surface area contributed by atoms with Crippen molar-refractivity contribution in [2.75, 3.05) is 5.32 Å². The van der Waals surface area contributed by atoms with E-state index in [9.17, 15) is 0 Å². The molecule has 1 atom stereocenters. The molecule has 0 spiro atoms. The maximum atomic E-state index is 6.08. The molecule has 0 saturated heterocycles. The molecule has 0 fully saturated rings. The minimum absolute atomic E-state index is 0.288. The highest BCUT2D eigenvalue weighted by atomic mass is 35.5. The summed E-state index contributed by atoms with van der Waals surface area (Å²) in [5.41, 5.74) is 5.26. The van der Waals surface area contributed by atoms with Crippen LogP contribution in [0.25, 0.3) is 11.5 Å². The number of rotatable bonds is 5. The van der Waals surface area contributed by atoms with Crippen LogP contribution < -0.4 is 5.32 Å². The summed E-state index contributed by atoms with van der Waals surface area (Å²) in [6.07, 6.45) is 0. The van der Waals surface area contributed by atoms with Crippen LogP contribution in [-0.2, 0) is 0 Å². The second-order valence-corrected chi connectivity index (χ2v) is 7.25. The SMILES string of the molecule is Cc1cc(C)cc(N[C@@H](c2ccc(Cl)cc2)c2nnc(-c3ccccc3)o2)c1. The third-order valence-corrected chi connectivity index (χ3v) is 4.70. The normalized spacial score (nSPS) is 12.0. The average Bonchev–Trinajstić information content (AvgIpc) is 3.17. The van der Waals surface area contributed by atoms with E-state index >= 15 is 0 Å². The minimum Gasteiger partial charge on any atom is -0.418 e. The van der Waals surface area contributed by atoms with Crippen molar-refractivity contribution < 1.29 is 4.42 Å². The number of anilines is 1. The Bertz CT molecular complexity index is 1050. The molecule has 4 nitrogen and oxygen atoms in total. The Morgan fingerprint density at radius 2 is 1.54 bits per heavy atom. The third kappa shape index (κ3) is 4.07. The fourth-order valence-corrected chi connectivity index (χ4v) is 3.34. The molecule has 28 heavy (non-hydrogen) atoms. The van der Waals surface area contributed by atoms with E-state index in [0.29, 0.717) is 16.8 Å². The Kier molecular flexibility index (Phi) is 5.13. The smallest absolute Gasteiger partial charge is 0.247 e. The highest BCUT2D eigenvalue weighted by Crippen LogP contribution is 2.29. The van der Waals surface area contributed by atoms with Gasteiger partial charge in [-0.2, -0.15) is 0 Å². The Morgan fingerprint density at radius 3 is 2.21 bits per heavy atom. The van der Waals surface area contributed by atoms with E-state index in [1.165, 1.54) is 11.1 Å². The molecule has 0 radical (unpaired) electrons. The first-order valence-corrected chi connectivity index (χ1v) is 9.45. The van der Waals surface area contributed by atoms with Crippen LogP contribution in [0.1, 0.15) is 28.6 Å². The van der Waals surface area contributed by atoms with Crippen LogP contribution in [0.4, 0.5) is 5.69 Å². The predicted octanol–water partition coefficient (Wildman–Crippen LogP) is 6.21. The second-order valence-electron chi connectivity index (χ2n) is 6.82. The van der Waals surface area contributed by atoms with Crippen molar-refractivity contribution in [3.8, 4) is 11.5 Å². The van der Waals surface area contributed by atoms with Gasteiger partial charge in [-0.15, -0.1) is 10.2 Å². The molecule has 3 aromatic carbocycles. The molecule has 0 amide bonds. The first-order valence-electron chi connectivity index (χ1n) is 9.07. The minimum atomic E-state index is -0.288. The van der Waals surface area contributed by atoms with Gasteiger partial charge in [-0.1, -0.05) is 48.0 Å². The van der Waals surface area contributed by atoms with E-state index < -0.39 is 0 Å². The summed E-state index contributed by atoms with van der Waals surface area (Å²) in [5.74, 6) is 0.997. The van der Waals surface area contributed by atoms with E-state index in [1.807, 2.05) is 54.6 Å². The Balaban J connectivity index is 1.73. The van der Waals surface area contributed by atoms with Crippen LogP contribution in [0.15, 0.2) is 77.2 Å². The third-order valence-electron chi connectivity index (χ3n) is 4.44. The molecule has 1 heterocycles. The van der Waals surface area contributed by atoms with Gasteiger partial charge in [0.05, 0.1) is 0 Å². The standard InChI is InChI=1S/C23H20ClN3O/c1-15-12-16(2)14-20(13-15)25-21(17-8-10-19(24)11-9-17)23-27-26-22(28-23)18-6-4-3-5-7-18/h3-14,21,25H,1-2H3/t21-/m0/s1. The maximum Gasteiger partial charge on any atom is 0.247 e. The van der Waals surface area contributed by atoms with Gasteiger partial charge in [0.1, 0.15) is 6.04 Å². The van der Waals surface area contributed by atoms with Gasteiger partial charge in [-0.25, -0.2) is 0 Å². The molecule has 1 aromatic heterocycles. The van der Waals surface area contributed by atoms with Gasteiger partial charge in [0.25, 0.3) is 0 Å². The number of halogens is 1. The van der Waals surface area contributed by atoms with E-state index in [0.717, 1.165) is 16.8 Å². The van der Waals surface area contributed by atoms with Crippen molar-refractivity contribution >= 4 is 17.3 Å². The van der Waals surface area contributed by atoms with Gasteiger partial charge in [0, 0.05) is 16.3 Å². The van der Waals surface area contributed by atoms with Gasteiger partial charge in [-0.3, -0.25) is 0 Å².